The standard InChI is InChI=1S/C20H23NO4/c1-3-7-16-10-11-18(19(14-16)23-2)25-15-20(22)21-12-13-24-17-8-5-4-6-9-17/h3-6,8-11,14H,1,7,12-13,15H2,2H3,(H,21,22). The van der Waals surface area contributed by atoms with Gasteiger partial charge in [-0.25, -0.2) is 0 Å². The number of nitrogens with one attached hydrogen (secondary N) is 1. The molecule has 5 heteroatoms. The highest BCUT2D eigenvalue weighted by Crippen LogP contribution is 2.28. The van der Waals surface area contributed by atoms with Gasteiger partial charge >= 0.3 is 0 Å². The SMILES string of the molecule is C=CCc1ccc(OCC(=O)NCCOc2ccccc2)c(OC)c1. The van der Waals surface area contributed by atoms with E-state index in [9.17, 15) is 4.79 Å². The van der Waals surface area contributed by atoms with Crippen molar-refractivity contribution in [2.24, 2.45) is 0 Å². The zero-order valence-electron chi connectivity index (χ0n) is 14.4. The van der Waals surface area contributed by atoms with E-state index in [0.29, 0.717) is 24.7 Å². The summed E-state index contributed by atoms with van der Waals surface area (Å²) in [5, 5.41) is 2.75. The molecule has 25 heavy (non-hydrogen) atoms. The molecule has 0 atom stereocenters. The third-order valence-electron chi connectivity index (χ3n) is 3.40. The van der Waals surface area contributed by atoms with Crippen LogP contribution >= 0.6 is 0 Å². The fourth-order valence-electron chi connectivity index (χ4n) is 2.20. The lowest BCUT2D eigenvalue weighted by Gasteiger charge is -2.12. The summed E-state index contributed by atoms with van der Waals surface area (Å²) < 4.78 is 16.3. The van der Waals surface area contributed by atoms with Crippen LogP contribution in [0.2, 0.25) is 0 Å². The molecule has 0 aromatic heterocycles. The van der Waals surface area contributed by atoms with E-state index in [2.05, 4.69) is 11.9 Å². The third-order valence-corrected chi connectivity index (χ3v) is 3.40. The Morgan fingerprint density at radius 2 is 1.92 bits per heavy atom. The Hall–Kier alpha value is -2.95. The fourth-order valence-corrected chi connectivity index (χ4v) is 2.20. The maximum atomic E-state index is 11.9. The molecule has 2 rings (SSSR count). The molecule has 0 spiro atoms. The number of allylic oxidation sites excluding steroid dienone is 1. The van der Waals surface area contributed by atoms with Crippen LogP contribution < -0.4 is 19.5 Å². The molecule has 0 bridgehead atoms. The van der Waals surface area contributed by atoms with Crippen LogP contribution in [-0.4, -0.2) is 32.8 Å². The Labute approximate surface area is 148 Å². The minimum Gasteiger partial charge on any atom is -0.493 e. The number of ether oxygens (including phenoxy) is 3. The van der Waals surface area contributed by atoms with Crippen LogP contribution in [-0.2, 0) is 11.2 Å². The zero-order valence-corrected chi connectivity index (χ0v) is 14.4. The van der Waals surface area contributed by atoms with E-state index in [1.54, 1.807) is 13.2 Å². The van der Waals surface area contributed by atoms with Gasteiger partial charge in [-0.05, 0) is 36.2 Å². The molecule has 2 aromatic carbocycles. The predicted octanol–water partition coefficient (Wildman–Crippen LogP) is 3.00. The summed E-state index contributed by atoms with van der Waals surface area (Å²) in [6, 6.07) is 15.0. The van der Waals surface area contributed by atoms with Crippen LogP contribution in [0.1, 0.15) is 5.56 Å². The number of amides is 1. The smallest absolute Gasteiger partial charge is 0.258 e. The largest absolute Gasteiger partial charge is 0.493 e. The van der Waals surface area contributed by atoms with Crippen molar-refractivity contribution in [2.75, 3.05) is 26.9 Å². The summed E-state index contributed by atoms with van der Waals surface area (Å²) in [6.07, 6.45) is 2.57. The predicted molar refractivity (Wildman–Crippen MR) is 97.3 cm³/mol. The zero-order chi connectivity index (χ0) is 17.9. The second kappa shape index (κ2) is 10.0. The van der Waals surface area contributed by atoms with Gasteiger partial charge in [-0.2, -0.15) is 0 Å². The lowest BCUT2D eigenvalue weighted by atomic mass is 10.1. The lowest BCUT2D eigenvalue weighted by Crippen LogP contribution is -2.32. The van der Waals surface area contributed by atoms with Crippen LogP contribution in [0.15, 0.2) is 61.2 Å². The summed E-state index contributed by atoms with van der Waals surface area (Å²) in [5.41, 5.74) is 1.07. The third kappa shape index (κ3) is 6.22. The minimum absolute atomic E-state index is 0.0809. The second-order valence-corrected chi connectivity index (χ2v) is 5.28. The average molecular weight is 341 g/mol. The van der Waals surface area contributed by atoms with Gasteiger partial charge in [0.1, 0.15) is 12.4 Å². The van der Waals surface area contributed by atoms with E-state index >= 15 is 0 Å². The molecule has 1 N–H and O–H groups in total. The molecule has 0 aliphatic rings. The molecule has 0 aliphatic heterocycles. The quantitative estimate of drug-likeness (QED) is 0.533. The highest BCUT2D eigenvalue weighted by Gasteiger charge is 2.08. The first kappa shape index (κ1) is 18.4. The van der Waals surface area contributed by atoms with Crippen molar-refractivity contribution in [3.05, 3.63) is 66.7 Å². The first-order valence-electron chi connectivity index (χ1n) is 8.08. The molecule has 0 saturated carbocycles. The lowest BCUT2D eigenvalue weighted by molar-refractivity contribution is -0.123. The van der Waals surface area contributed by atoms with Gasteiger partial charge in [-0.1, -0.05) is 30.3 Å². The Balaban J connectivity index is 1.73. The summed E-state index contributed by atoms with van der Waals surface area (Å²) in [5.74, 6) is 1.69. The average Bonchev–Trinajstić information content (AvgIpc) is 2.65. The number of hydrogen-bond acceptors (Lipinski definition) is 4. The van der Waals surface area contributed by atoms with E-state index in [4.69, 9.17) is 14.2 Å². The van der Waals surface area contributed by atoms with Crippen LogP contribution in [0.3, 0.4) is 0 Å². The monoisotopic (exact) mass is 341 g/mol. The summed E-state index contributed by atoms with van der Waals surface area (Å²) >= 11 is 0. The van der Waals surface area contributed by atoms with Crippen LogP contribution in [0, 0.1) is 0 Å². The highest BCUT2D eigenvalue weighted by atomic mass is 16.5. The molecule has 0 saturated heterocycles. The number of para-hydroxylation sites is 1. The van der Waals surface area contributed by atoms with E-state index in [1.165, 1.54) is 0 Å². The molecule has 0 heterocycles. The number of benzene rings is 2. The van der Waals surface area contributed by atoms with Gasteiger partial charge < -0.3 is 19.5 Å². The van der Waals surface area contributed by atoms with Crippen molar-refractivity contribution in [2.45, 2.75) is 6.42 Å². The van der Waals surface area contributed by atoms with Gasteiger partial charge in [0.15, 0.2) is 18.1 Å². The normalized spacial score (nSPS) is 9.96. The van der Waals surface area contributed by atoms with Crippen molar-refractivity contribution in [3.63, 3.8) is 0 Å². The van der Waals surface area contributed by atoms with Crippen molar-refractivity contribution in [1.29, 1.82) is 0 Å². The van der Waals surface area contributed by atoms with Crippen LogP contribution in [0.25, 0.3) is 0 Å². The Bertz CT molecular complexity index is 685. The summed E-state index contributed by atoms with van der Waals surface area (Å²) in [4.78, 5) is 11.9. The van der Waals surface area contributed by atoms with E-state index in [0.717, 1.165) is 17.7 Å². The highest BCUT2D eigenvalue weighted by molar-refractivity contribution is 5.77. The Morgan fingerprint density at radius 1 is 1.12 bits per heavy atom. The molecular formula is C20H23NO4. The maximum Gasteiger partial charge on any atom is 0.258 e. The Morgan fingerprint density at radius 3 is 2.64 bits per heavy atom. The fraction of sp³-hybridized carbons (Fsp3) is 0.250. The number of carbonyl (C=O) groups is 1. The summed E-state index contributed by atoms with van der Waals surface area (Å²) in [6.45, 7) is 4.44. The summed E-state index contributed by atoms with van der Waals surface area (Å²) in [7, 11) is 1.57. The topological polar surface area (TPSA) is 56.8 Å². The van der Waals surface area contributed by atoms with Crippen molar-refractivity contribution < 1.29 is 19.0 Å². The van der Waals surface area contributed by atoms with Gasteiger partial charge in [0.25, 0.3) is 5.91 Å². The molecule has 0 fully saturated rings. The van der Waals surface area contributed by atoms with Crippen molar-refractivity contribution >= 4 is 5.91 Å². The van der Waals surface area contributed by atoms with Gasteiger partial charge in [0.05, 0.1) is 13.7 Å². The van der Waals surface area contributed by atoms with Gasteiger partial charge in [0.2, 0.25) is 0 Å². The first-order chi connectivity index (χ1) is 12.2. The molecular weight excluding hydrogens is 318 g/mol. The van der Waals surface area contributed by atoms with E-state index < -0.39 is 0 Å². The molecule has 2 aromatic rings. The molecule has 0 aliphatic carbocycles. The molecule has 1 amide bonds. The second-order valence-electron chi connectivity index (χ2n) is 5.28. The molecule has 132 valence electrons. The van der Waals surface area contributed by atoms with Crippen molar-refractivity contribution in [1.82, 2.24) is 5.32 Å². The van der Waals surface area contributed by atoms with E-state index in [1.807, 2.05) is 48.5 Å². The van der Waals surface area contributed by atoms with Gasteiger partial charge in [-0.3, -0.25) is 4.79 Å². The first-order valence-corrected chi connectivity index (χ1v) is 8.08. The number of methoxy groups -OCH3 is 1. The van der Waals surface area contributed by atoms with Crippen molar-refractivity contribution in [3.8, 4) is 17.2 Å². The molecule has 5 nitrogen and oxygen atoms in total. The number of rotatable bonds is 10. The maximum absolute atomic E-state index is 11.9. The van der Waals surface area contributed by atoms with Gasteiger partial charge in [0, 0.05) is 0 Å². The van der Waals surface area contributed by atoms with Crippen LogP contribution in [0.4, 0.5) is 0 Å². The minimum atomic E-state index is -0.214. The number of hydrogen-bond donors (Lipinski definition) is 1. The number of carbonyl (C=O) groups excluding carboxylic acids is 1. The Kier molecular flexibility index (Phi) is 7.38. The van der Waals surface area contributed by atoms with E-state index in [-0.39, 0.29) is 12.5 Å². The van der Waals surface area contributed by atoms with Gasteiger partial charge in [-0.15, -0.1) is 6.58 Å². The van der Waals surface area contributed by atoms with Crippen LogP contribution in [0.5, 0.6) is 17.2 Å². The molecule has 0 radical (unpaired) electrons. The molecule has 0 unspecified atom stereocenters.